The van der Waals surface area contributed by atoms with Gasteiger partial charge in [0, 0.05) is 16.0 Å². The molecule has 3 rings (SSSR count). The number of amides is 1. The molecule has 0 fully saturated rings. The number of anilines is 2. The fourth-order valence-electron chi connectivity index (χ4n) is 2.69. The third-order valence-corrected chi connectivity index (χ3v) is 7.57. The minimum Gasteiger partial charge on any atom is -0.466 e. The maximum absolute atomic E-state index is 12.5. The first kappa shape index (κ1) is 24.7. The molecule has 1 amide bonds. The summed E-state index contributed by atoms with van der Waals surface area (Å²) >= 11 is 2.57. The number of thioether (sulfide) groups is 1. The monoisotopic (exact) mass is 505 g/mol. The molecule has 8 nitrogen and oxygen atoms in total. The van der Waals surface area contributed by atoms with Crippen molar-refractivity contribution in [3.8, 4) is 0 Å². The third-order valence-electron chi connectivity index (χ3n) is 4.25. The predicted octanol–water partition coefficient (Wildman–Crippen LogP) is 4.17. The van der Waals surface area contributed by atoms with Gasteiger partial charge < -0.3 is 10.1 Å². The molecule has 174 valence electrons. The Morgan fingerprint density at radius 3 is 2.48 bits per heavy atom. The van der Waals surface area contributed by atoms with Gasteiger partial charge in [0.1, 0.15) is 0 Å². The molecule has 1 aromatic heterocycles. The van der Waals surface area contributed by atoms with Crippen LogP contribution in [0.3, 0.4) is 0 Å². The van der Waals surface area contributed by atoms with Crippen LogP contribution in [0.25, 0.3) is 0 Å². The molecule has 1 atom stereocenters. The number of sulfonamides is 1. The number of carbonyl (C=O) groups excluding carboxylic acids is 2. The molecule has 0 aliphatic heterocycles. The van der Waals surface area contributed by atoms with Gasteiger partial charge in [0.2, 0.25) is 5.91 Å². The Morgan fingerprint density at radius 1 is 1.12 bits per heavy atom. The Bertz CT molecular complexity index is 1200. The third kappa shape index (κ3) is 7.31. The first-order valence-corrected chi connectivity index (χ1v) is 13.3. The fourth-order valence-corrected chi connectivity index (χ4v) is 5.35. The van der Waals surface area contributed by atoms with Crippen molar-refractivity contribution in [1.82, 2.24) is 4.98 Å². The van der Waals surface area contributed by atoms with Crippen LogP contribution in [0.5, 0.6) is 0 Å². The molecule has 11 heteroatoms. The zero-order chi connectivity index (χ0) is 23.8. The predicted molar refractivity (Wildman–Crippen MR) is 130 cm³/mol. The van der Waals surface area contributed by atoms with Crippen molar-refractivity contribution in [3.05, 3.63) is 65.7 Å². The highest BCUT2D eigenvalue weighted by molar-refractivity contribution is 8.00. The van der Waals surface area contributed by atoms with Crippen molar-refractivity contribution in [1.29, 1.82) is 0 Å². The van der Waals surface area contributed by atoms with E-state index in [1.165, 1.54) is 35.2 Å². The van der Waals surface area contributed by atoms with E-state index in [-0.39, 0.29) is 23.2 Å². The number of hydrogen-bond acceptors (Lipinski definition) is 8. The lowest BCUT2D eigenvalue weighted by Crippen LogP contribution is -2.22. The van der Waals surface area contributed by atoms with E-state index in [4.69, 9.17) is 4.74 Å². The summed E-state index contributed by atoms with van der Waals surface area (Å²) in [6.45, 7) is 3.81. The molecule has 0 saturated heterocycles. The maximum Gasteiger partial charge on any atom is 0.311 e. The standard InChI is InChI=1S/C22H23N3O5S3/c1-3-30-20(26)13-17-14-31-22(23-17)24-21(27)15(2)32-18-11-9-16(10-12-18)25-33(28,29)19-7-5-4-6-8-19/h4-12,14-15,25H,3,13H2,1-2H3,(H,23,24,27). The van der Waals surface area contributed by atoms with E-state index < -0.39 is 15.3 Å². The zero-order valence-electron chi connectivity index (χ0n) is 18.0. The van der Waals surface area contributed by atoms with Crippen LogP contribution in [0, 0.1) is 0 Å². The largest absolute Gasteiger partial charge is 0.466 e. The lowest BCUT2D eigenvalue weighted by molar-refractivity contribution is -0.142. The summed E-state index contributed by atoms with van der Waals surface area (Å²) in [4.78, 5) is 29.3. The minimum atomic E-state index is -3.66. The minimum absolute atomic E-state index is 0.0604. The first-order valence-electron chi connectivity index (χ1n) is 10.0. The molecule has 2 N–H and O–H groups in total. The average molecular weight is 506 g/mol. The van der Waals surface area contributed by atoms with Gasteiger partial charge in [-0.15, -0.1) is 23.1 Å². The van der Waals surface area contributed by atoms with Crippen molar-refractivity contribution in [2.75, 3.05) is 16.6 Å². The van der Waals surface area contributed by atoms with Crippen LogP contribution in [-0.2, 0) is 30.8 Å². The smallest absolute Gasteiger partial charge is 0.311 e. The summed E-state index contributed by atoms with van der Waals surface area (Å²) in [5.74, 6) is -0.593. The molecule has 0 radical (unpaired) electrons. The zero-order valence-corrected chi connectivity index (χ0v) is 20.4. The van der Waals surface area contributed by atoms with Gasteiger partial charge in [0.25, 0.3) is 10.0 Å². The summed E-state index contributed by atoms with van der Waals surface area (Å²) in [5.41, 5.74) is 0.972. The van der Waals surface area contributed by atoms with E-state index >= 15 is 0 Å². The Hall–Kier alpha value is -2.89. The van der Waals surface area contributed by atoms with E-state index in [1.54, 1.807) is 61.7 Å². The number of thiazole rings is 1. The van der Waals surface area contributed by atoms with Gasteiger partial charge in [-0.1, -0.05) is 18.2 Å². The molecule has 0 aliphatic rings. The van der Waals surface area contributed by atoms with Crippen LogP contribution < -0.4 is 10.0 Å². The van der Waals surface area contributed by atoms with Crippen molar-refractivity contribution < 1.29 is 22.7 Å². The Kier molecular flexibility index (Phi) is 8.48. The molecule has 0 saturated carbocycles. The van der Waals surface area contributed by atoms with E-state index in [9.17, 15) is 18.0 Å². The van der Waals surface area contributed by atoms with Gasteiger partial charge in [-0.3, -0.25) is 14.3 Å². The number of rotatable bonds is 10. The fraction of sp³-hybridized carbons (Fsp3) is 0.227. The number of benzene rings is 2. The van der Waals surface area contributed by atoms with E-state index in [0.29, 0.717) is 23.1 Å². The summed E-state index contributed by atoms with van der Waals surface area (Å²) < 4.78 is 32.3. The second-order valence-corrected chi connectivity index (χ2v) is 10.8. The lowest BCUT2D eigenvalue weighted by atomic mass is 10.3. The van der Waals surface area contributed by atoms with Gasteiger partial charge in [-0.2, -0.15) is 0 Å². The van der Waals surface area contributed by atoms with Gasteiger partial charge in [0.15, 0.2) is 5.13 Å². The summed E-state index contributed by atoms with van der Waals surface area (Å²) in [7, 11) is -3.66. The van der Waals surface area contributed by atoms with E-state index in [1.807, 2.05) is 0 Å². The number of aromatic nitrogens is 1. The SMILES string of the molecule is CCOC(=O)Cc1csc(NC(=O)C(C)Sc2ccc(NS(=O)(=O)c3ccccc3)cc2)n1. The van der Waals surface area contributed by atoms with Gasteiger partial charge in [-0.05, 0) is 50.2 Å². The quantitative estimate of drug-likeness (QED) is 0.314. The van der Waals surface area contributed by atoms with Crippen molar-refractivity contribution in [2.45, 2.75) is 35.3 Å². The molecule has 1 unspecified atom stereocenters. The summed E-state index contributed by atoms with van der Waals surface area (Å²) in [6.07, 6.45) is 0.0604. The molecule has 3 aromatic rings. The number of carbonyl (C=O) groups is 2. The molecule has 33 heavy (non-hydrogen) atoms. The topological polar surface area (TPSA) is 114 Å². The first-order chi connectivity index (χ1) is 15.8. The van der Waals surface area contributed by atoms with Gasteiger partial charge in [-0.25, -0.2) is 13.4 Å². The molecule has 0 aliphatic carbocycles. The molecule has 1 heterocycles. The Morgan fingerprint density at radius 2 is 1.82 bits per heavy atom. The number of ether oxygens (including phenoxy) is 1. The lowest BCUT2D eigenvalue weighted by Gasteiger charge is -2.12. The van der Waals surface area contributed by atoms with Crippen LogP contribution in [0.1, 0.15) is 19.5 Å². The second kappa shape index (κ2) is 11.3. The van der Waals surface area contributed by atoms with Crippen molar-refractivity contribution >= 4 is 55.8 Å². The normalized spacial score (nSPS) is 12.1. The molecule has 0 spiro atoms. The molecular formula is C22H23N3O5S3. The molecule has 2 aromatic carbocycles. The van der Waals surface area contributed by atoms with Crippen LogP contribution in [0.15, 0.2) is 69.8 Å². The van der Waals surface area contributed by atoms with E-state index in [0.717, 1.165) is 4.90 Å². The maximum atomic E-state index is 12.5. The van der Waals surface area contributed by atoms with Crippen molar-refractivity contribution in [3.63, 3.8) is 0 Å². The number of hydrogen-bond donors (Lipinski definition) is 2. The van der Waals surface area contributed by atoms with Crippen molar-refractivity contribution in [2.24, 2.45) is 0 Å². The average Bonchev–Trinajstić information content (AvgIpc) is 3.22. The van der Waals surface area contributed by atoms with Crippen LogP contribution in [-0.4, -0.2) is 37.1 Å². The molecule has 0 bridgehead atoms. The summed E-state index contributed by atoms with van der Waals surface area (Å²) in [5, 5.41) is 4.45. The number of nitrogens with zero attached hydrogens (tertiary/aromatic N) is 1. The molecular weight excluding hydrogens is 482 g/mol. The van der Waals surface area contributed by atoms with E-state index in [2.05, 4.69) is 15.0 Å². The highest BCUT2D eigenvalue weighted by atomic mass is 32.2. The Balaban J connectivity index is 1.54. The van der Waals surface area contributed by atoms with Gasteiger partial charge >= 0.3 is 5.97 Å². The van der Waals surface area contributed by atoms with Gasteiger partial charge in [0.05, 0.1) is 28.9 Å². The van der Waals surface area contributed by atoms with Crippen LogP contribution in [0.2, 0.25) is 0 Å². The second-order valence-electron chi connectivity index (χ2n) is 6.82. The number of nitrogens with one attached hydrogen (secondary N) is 2. The Labute approximate surface area is 200 Å². The number of esters is 1. The highest BCUT2D eigenvalue weighted by Gasteiger charge is 2.18. The summed E-state index contributed by atoms with van der Waals surface area (Å²) in [6, 6.07) is 14.9. The highest BCUT2D eigenvalue weighted by Crippen LogP contribution is 2.27. The van der Waals surface area contributed by atoms with Crippen LogP contribution >= 0.6 is 23.1 Å². The van der Waals surface area contributed by atoms with Crippen LogP contribution in [0.4, 0.5) is 10.8 Å².